The van der Waals surface area contributed by atoms with E-state index < -0.39 is 0 Å². The fourth-order valence-corrected chi connectivity index (χ4v) is 3.11. The molecule has 0 N–H and O–H groups in total. The third kappa shape index (κ3) is 1.90. The maximum atomic E-state index is 5.96. The Balaban J connectivity index is 2.06. The molecule has 0 radical (unpaired) electrons. The topological polar surface area (TPSA) is 12.5 Å². The highest BCUT2D eigenvalue weighted by Crippen LogP contribution is 2.40. The maximum Gasteiger partial charge on any atom is 0.124 e. The molecule has 92 valence electrons. The van der Waals surface area contributed by atoms with Crippen LogP contribution in [0.1, 0.15) is 37.8 Å². The molecule has 0 amide bonds. The molecule has 2 nitrogen and oxygen atoms in total. The minimum absolute atomic E-state index is 0.267. The summed E-state index contributed by atoms with van der Waals surface area (Å²) in [6, 6.07) is 4.46. The van der Waals surface area contributed by atoms with Crippen LogP contribution < -0.4 is 9.64 Å². The van der Waals surface area contributed by atoms with Gasteiger partial charge in [0.1, 0.15) is 5.75 Å². The van der Waals surface area contributed by atoms with Gasteiger partial charge in [-0.2, -0.15) is 0 Å². The Bertz CT molecular complexity index is 423. The molecule has 0 saturated heterocycles. The van der Waals surface area contributed by atoms with Crippen molar-refractivity contribution < 1.29 is 4.74 Å². The first-order valence-electron chi connectivity index (χ1n) is 6.82. The summed E-state index contributed by atoms with van der Waals surface area (Å²) in [7, 11) is 0. The minimum atomic E-state index is 0.267. The molecule has 2 heteroatoms. The monoisotopic (exact) mass is 231 g/mol. The smallest absolute Gasteiger partial charge is 0.124 e. The van der Waals surface area contributed by atoms with Gasteiger partial charge < -0.3 is 9.64 Å². The first kappa shape index (κ1) is 10.9. The van der Waals surface area contributed by atoms with E-state index in [1.165, 1.54) is 55.6 Å². The highest BCUT2D eigenvalue weighted by Gasteiger charge is 2.26. The Morgan fingerprint density at radius 1 is 1.12 bits per heavy atom. The van der Waals surface area contributed by atoms with Crippen molar-refractivity contribution in [2.45, 2.75) is 45.6 Å². The molecule has 17 heavy (non-hydrogen) atoms. The lowest BCUT2D eigenvalue weighted by Crippen LogP contribution is -2.34. The summed E-state index contributed by atoms with van der Waals surface area (Å²) in [5, 5.41) is 0. The number of benzene rings is 1. The molecule has 0 bridgehead atoms. The summed E-state index contributed by atoms with van der Waals surface area (Å²) >= 11 is 0. The van der Waals surface area contributed by atoms with E-state index >= 15 is 0 Å². The molecule has 1 aromatic carbocycles. The lowest BCUT2D eigenvalue weighted by molar-refractivity contribution is 0.239. The van der Waals surface area contributed by atoms with Crippen LogP contribution >= 0.6 is 0 Å². The Hall–Kier alpha value is -1.18. The number of anilines is 1. The van der Waals surface area contributed by atoms with Crippen LogP contribution in [0.5, 0.6) is 5.75 Å². The molecule has 2 heterocycles. The molecule has 0 aromatic heterocycles. The summed E-state index contributed by atoms with van der Waals surface area (Å²) in [6.07, 6.45) is 5.26. The highest BCUT2D eigenvalue weighted by atomic mass is 16.5. The SMILES string of the molecule is CC(C)Oc1ccc2c3c1CCCN3CCC2. The number of ether oxygens (including phenoxy) is 1. The van der Waals surface area contributed by atoms with Gasteiger partial charge in [0, 0.05) is 24.3 Å². The third-order valence-electron chi connectivity index (χ3n) is 3.73. The fourth-order valence-electron chi connectivity index (χ4n) is 3.11. The second-order valence-corrected chi connectivity index (χ2v) is 5.41. The molecule has 2 aliphatic rings. The molecule has 3 rings (SSSR count). The number of rotatable bonds is 2. The summed E-state index contributed by atoms with van der Waals surface area (Å²) in [4.78, 5) is 2.56. The predicted molar refractivity (Wildman–Crippen MR) is 71.1 cm³/mol. The van der Waals surface area contributed by atoms with E-state index in [0.717, 1.165) is 5.75 Å². The number of aryl methyl sites for hydroxylation is 1. The zero-order valence-corrected chi connectivity index (χ0v) is 10.8. The molecule has 1 aromatic rings. The Kier molecular flexibility index (Phi) is 2.73. The van der Waals surface area contributed by atoms with E-state index in [1.807, 2.05) is 0 Å². The van der Waals surface area contributed by atoms with Crippen molar-refractivity contribution in [1.82, 2.24) is 0 Å². The number of hydrogen-bond acceptors (Lipinski definition) is 2. The van der Waals surface area contributed by atoms with E-state index in [1.54, 1.807) is 0 Å². The van der Waals surface area contributed by atoms with Gasteiger partial charge in [0.05, 0.1) is 6.10 Å². The maximum absolute atomic E-state index is 5.96. The molecule has 0 fully saturated rings. The Morgan fingerprint density at radius 2 is 1.88 bits per heavy atom. The van der Waals surface area contributed by atoms with E-state index in [2.05, 4.69) is 30.9 Å². The first-order chi connectivity index (χ1) is 8.25. The van der Waals surface area contributed by atoms with Crippen LogP contribution in [-0.2, 0) is 12.8 Å². The third-order valence-corrected chi connectivity index (χ3v) is 3.73. The fraction of sp³-hybridized carbons (Fsp3) is 0.600. The highest BCUT2D eigenvalue weighted by molar-refractivity contribution is 5.67. The largest absolute Gasteiger partial charge is 0.491 e. The van der Waals surface area contributed by atoms with Crippen LogP contribution in [0, 0.1) is 0 Å². The van der Waals surface area contributed by atoms with Crippen LogP contribution in [0.4, 0.5) is 5.69 Å². The van der Waals surface area contributed by atoms with Crippen molar-refractivity contribution in [3.8, 4) is 5.75 Å². The molecule has 0 saturated carbocycles. The summed E-state index contributed by atoms with van der Waals surface area (Å²) in [5.74, 6) is 1.12. The molecule has 0 unspecified atom stereocenters. The van der Waals surface area contributed by atoms with Crippen molar-refractivity contribution in [3.05, 3.63) is 23.3 Å². The lowest BCUT2D eigenvalue weighted by Gasteiger charge is -2.37. The second kappa shape index (κ2) is 4.25. The van der Waals surface area contributed by atoms with Gasteiger partial charge in [-0.05, 0) is 51.2 Å². The molecule has 0 aliphatic carbocycles. The van der Waals surface area contributed by atoms with Crippen molar-refractivity contribution in [1.29, 1.82) is 0 Å². The minimum Gasteiger partial charge on any atom is -0.491 e. The van der Waals surface area contributed by atoms with Crippen LogP contribution in [0.3, 0.4) is 0 Å². The zero-order chi connectivity index (χ0) is 11.8. The van der Waals surface area contributed by atoms with E-state index in [4.69, 9.17) is 4.74 Å². The summed E-state index contributed by atoms with van der Waals surface area (Å²) in [6.45, 7) is 6.66. The zero-order valence-electron chi connectivity index (χ0n) is 10.8. The molecular formula is C15H21NO. The second-order valence-electron chi connectivity index (χ2n) is 5.41. The summed E-state index contributed by atoms with van der Waals surface area (Å²) in [5.41, 5.74) is 4.49. The van der Waals surface area contributed by atoms with Gasteiger partial charge in [-0.3, -0.25) is 0 Å². The van der Waals surface area contributed by atoms with Gasteiger partial charge in [-0.15, -0.1) is 0 Å². The lowest BCUT2D eigenvalue weighted by atomic mass is 9.91. The Labute approximate surface area is 104 Å². The van der Waals surface area contributed by atoms with Gasteiger partial charge in [0.2, 0.25) is 0 Å². The van der Waals surface area contributed by atoms with Gasteiger partial charge in [0.25, 0.3) is 0 Å². The predicted octanol–water partition coefficient (Wildman–Crippen LogP) is 3.17. The number of hydrogen-bond donors (Lipinski definition) is 0. The van der Waals surface area contributed by atoms with Crippen molar-refractivity contribution in [2.24, 2.45) is 0 Å². The number of nitrogens with zero attached hydrogens (tertiary/aromatic N) is 1. The van der Waals surface area contributed by atoms with Crippen LogP contribution in [0.25, 0.3) is 0 Å². The van der Waals surface area contributed by atoms with Crippen LogP contribution in [0.15, 0.2) is 12.1 Å². The van der Waals surface area contributed by atoms with Crippen molar-refractivity contribution in [2.75, 3.05) is 18.0 Å². The van der Waals surface area contributed by atoms with Crippen LogP contribution in [0.2, 0.25) is 0 Å². The molecule has 0 atom stereocenters. The summed E-state index contributed by atoms with van der Waals surface area (Å²) < 4.78 is 5.96. The quantitative estimate of drug-likeness (QED) is 0.775. The Morgan fingerprint density at radius 3 is 2.65 bits per heavy atom. The average molecular weight is 231 g/mol. The molecular weight excluding hydrogens is 210 g/mol. The average Bonchev–Trinajstić information content (AvgIpc) is 2.33. The molecule has 2 aliphatic heterocycles. The molecule has 0 spiro atoms. The van der Waals surface area contributed by atoms with E-state index in [-0.39, 0.29) is 6.10 Å². The van der Waals surface area contributed by atoms with Crippen LogP contribution in [-0.4, -0.2) is 19.2 Å². The van der Waals surface area contributed by atoms with Gasteiger partial charge in [-0.1, -0.05) is 6.07 Å². The first-order valence-corrected chi connectivity index (χ1v) is 6.82. The van der Waals surface area contributed by atoms with Crippen molar-refractivity contribution in [3.63, 3.8) is 0 Å². The van der Waals surface area contributed by atoms with Gasteiger partial charge in [-0.25, -0.2) is 0 Å². The van der Waals surface area contributed by atoms with E-state index in [9.17, 15) is 0 Å². The van der Waals surface area contributed by atoms with Gasteiger partial charge in [0.15, 0.2) is 0 Å². The van der Waals surface area contributed by atoms with Crippen molar-refractivity contribution >= 4 is 5.69 Å². The van der Waals surface area contributed by atoms with Gasteiger partial charge >= 0.3 is 0 Å². The van der Waals surface area contributed by atoms with E-state index in [0.29, 0.717) is 0 Å². The standard InChI is InChI=1S/C15H21NO/c1-11(2)17-14-8-7-12-5-3-9-16-10-4-6-13(14)15(12)16/h7-8,11H,3-6,9-10H2,1-2H3. The normalized spacial score (nSPS) is 18.2.